The number of rotatable bonds is 3. The van der Waals surface area contributed by atoms with Gasteiger partial charge in [-0.2, -0.15) is 0 Å². The summed E-state index contributed by atoms with van der Waals surface area (Å²) in [5.74, 6) is 0.00398. The van der Waals surface area contributed by atoms with Gasteiger partial charge in [-0.05, 0) is 55.4 Å². The summed E-state index contributed by atoms with van der Waals surface area (Å²) < 4.78 is 5.78. The topological polar surface area (TPSA) is 46.5 Å². The molecule has 0 aromatic heterocycles. The summed E-state index contributed by atoms with van der Waals surface area (Å²) in [6.07, 6.45) is 1.72. The van der Waals surface area contributed by atoms with E-state index < -0.39 is 11.7 Å². The summed E-state index contributed by atoms with van der Waals surface area (Å²) >= 11 is 0. The first-order chi connectivity index (χ1) is 12.4. The molecule has 1 fully saturated rings. The molecule has 2 aliphatic rings. The first kappa shape index (κ1) is 17.0. The molecule has 2 atom stereocenters. The van der Waals surface area contributed by atoms with E-state index in [-0.39, 0.29) is 11.5 Å². The second kappa shape index (κ2) is 6.10. The highest BCUT2D eigenvalue weighted by atomic mass is 16.5. The van der Waals surface area contributed by atoms with Crippen molar-refractivity contribution in [3.63, 3.8) is 0 Å². The SMILES string of the molecule is CCc1cc(-c2ccc(C)cc2)ccc1C1=C(O)[C@@]2(C)CC[C@@H](O2)C1=O. The van der Waals surface area contributed by atoms with Crippen LogP contribution in [0.3, 0.4) is 0 Å². The third-order valence-electron chi connectivity index (χ3n) is 5.70. The highest BCUT2D eigenvalue weighted by molar-refractivity contribution is 6.25. The van der Waals surface area contributed by atoms with Crippen molar-refractivity contribution >= 4 is 11.4 Å². The van der Waals surface area contributed by atoms with Crippen LogP contribution in [0, 0.1) is 6.92 Å². The number of aliphatic hydroxyl groups excluding tert-OH is 1. The van der Waals surface area contributed by atoms with Gasteiger partial charge in [0.05, 0.1) is 5.57 Å². The quantitative estimate of drug-likeness (QED) is 0.848. The summed E-state index contributed by atoms with van der Waals surface area (Å²) in [5, 5.41) is 10.8. The summed E-state index contributed by atoms with van der Waals surface area (Å²) in [7, 11) is 0. The fraction of sp³-hybridized carbons (Fsp3) is 0.348. The van der Waals surface area contributed by atoms with Crippen molar-refractivity contribution < 1.29 is 14.6 Å². The number of ketones is 1. The molecule has 2 aromatic rings. The van der Waals surface area contributed by atoms with Crippen LogP contribution in [0.2, 0.25) is 0 Å². The zero-order chi connectivity index (χ0) is 18.5. The minimum Gasteiger partial charge on any atom is -0.508 e. The Morgan fingerprint density at radius 1 is 1.15 bits per heavy atom. The van der Waals surface area contributed by atoms with Crippen LogP contribution in [0.4, 0.5) is 0 Å². The lowest BCUT2D eigenvalue weighted by Gasteiger charge is -2.31. The summed E-state index contributed by atoms with van der Waals surface area (Å²) in [4.78, 5) is 12.9. The molecule has 3 heteroatoms. The Kier molecular flexibility index (Phi) is 4.00. The lowest BCUT2D eigenvalue weighted by atomic mass is 9.87. The molecule has 2 bridgehead atoms. The summed E-state index contributed by atoms with van der Waals surface area (Å²) in [5.41, 5.74) is 5.14. The smallest absolute Gasteiger partial charge is 0.195 e. The van der Waals surface area contributed by atoms with E-state index in [2.05, 4.69) is 44.2 Å². The average Bonchev–Trinajstić information content (AvgIpc) is 3.02. The van der Waals surface area contributed by atoms with Gasteiger partial charge in [-0.15, -0.1) is 0 Å². The minimum absolute atomic E-state index is 0.0877. The van der Waals surface area contributed by atoms with Crippen molar-refractivity contribution in [2.24, 2.45) is 0 Å². The van der Waals surface area contributed by atoms with Crippen molar-refractivity contribution in [2.75, 3.05) is 0 Å². The third kappa shape index (κ3) is 2.58. The van der Waals surface area contributed by atoms with Crippen molar-refractivity contribution in [2.45, 2.75) is 51.7 Å². The van der Waals surface area contributed by atoms with E-state index in [0.717, 1.165) is 28.7 Å². The van der Waals surface area contributed by atoms with Gasteiger partial charge in [0.1, 0.15) is 17.5 Å². The molecule has 2 aliphatic heterocycles. The van der Waals surface area contributed by atoms with Gasteiger partial charge in [0, 0.05) is 0 Å². The van der Waals surface area contributed by atoms with Gasteiger partial charge in [0.15, 0.2) is 5.78 Å². The van der Waals surface area contributed by atoms with Gasteiger partial charge < -0.3 is 9.84 Å². The lowest BCUT2D eigenvalue weighted by Crippen LogP contribution is -2.37. The molecular weight excluding hydrogens is 324 g/mol. The molecule has 0 spiro atoms. The van der Waals surface area contributed by atoms with Crippen LogP contribution < -0.4 is 0 Å². The first-order valence-corrected chi connectivity index (χ1v) is 9.29. The number of benzene rings is 2. The van der Waals surface area contributed by atoms with Crippen LogP contribution in [0.15, 0.2) is 48.2 Å². The molecule has 0 saturated carbocycles. The maximum Gasteiger partial charge on any atom is 0.195 e. The Morgan fingerprint density at radius 3 is 2.54 bits per heavy atom. The minimum atomic E-state index is -0.728. The highest BCUT2D eigenvalue weighted by Crippen LogP contribution is 2.45. The maximum absolute atomic E-state index is 12.9. The van der Waals surface area contributed by atoms with Gasteiger partial charge in [0.25, 0.3) is 0 Å². The first-order valence-electron chi connectivity index (χ1n) is 9.29. The number of carbonyl (C=O) groups is 1. The van der Waals surface area contributed by atoms with Crippen LogP contribution in [-0.4, -0.2) is 22.6 Å². The number of hydrogen-bond donors (Lipinski definition) is 1. The monoisotopic (exact) mass is 348 g/mol. The molecule has 134 valence electrons. The predicted octanol–water partition coefficient (Wildman–Crippen LogP) is 5.01. The second-order valence-electron chi connectivity index (χ2n) is 7.56. The summed E-state index contributed by atoms with van der Waals surface area (Å²) in [6, 6.07) is 14.6. The van der Waals surface area contributed by atoms with E-state index in [1.54, 1.807) is 0 Å². The van der Waals surface area contributed by atoms with E-state index in [1.165, 1.54) is 5.56 Å². The molecule has 2 heterocycles. The number of ether oxygens (including phenoxy) is 1. The van der Waals surface area contributed by atoms with Crippen molar-refractivity contribution in [3.8, 4) is 11.1 Å². The molecule has 0 radical (unpaired) electrons. The number of fused-ring (bicyclic) bond motifs is 2. The van der Waals surface area contributed by atoms with Crippen LogP contribution in [0.1, 0.15) is 43.4 Å². The van der Waals surface area contributed by atoms with Crippen LogP contribution in [0.25, 0.3) is 16.7 Å². The molecule has 1 N–H and O–H groups in total. The molecule has 0 aliphatic carbocycles. The fourth-order valence-electron chi connectivity index (χ4n) is 4.06. The standard InChI is InChI=1S/C23H24O3/c1-4-15-13-17(16-7-5-14(2)6-8-16)9-10-18(15)20-21(24)19-11-12-23(3,26-19)22(20)25/h5-10,13,19,25H,4,11-12H2,1-3H3/t19-,23-/m1/s1. The lowest BCUT2D eigenvalue weighted by molar-refractivity contribution is -0.130. The molecule has 2 aromatic carbocycles. The molecular formula is C23H24O3. The molecule has 26 heavy (non-hydrogen) atoms. The average molecular weight is 348 g/mol. The molecule has 3 nitrogen and oxygen atoms in total. The zero-order valence-electron chi connectivity index (χ0n) is 15.5. The van der Waals surface area contributed by atoms with Crippen LogP contribution in [-0.2, 0) is 16.0 Å². The Labute approximate surface area is 154 Å². The summed E-state index contributed by atoms with van der Waals surface area (Å²) in [6.45, 7) is 6.03. The Morgan fingerprint density at radius 2 is 1.85 bits per heavy atom. The Balaban J connectivity index is 1.82. The van der Waals surface area contributed by atoms with E-state index in [1.807, 2.05) is 19.1 Å². The zero-order valence-corrected chi connectivity index (χ0v) is 15.5. The normalized spacial score (nSPS) is 25.0. The fourth-order valence-corrected chi connectivity index (χ4v) is 4.06. The maximum atomic E-state index is 12.9. The molecule has 1 saturated heterocycles. The highest BCUT2D eigenvalue weighted by Gasteiger charge is 2.50. The third-order valence-corrected chi connectivity index (χ3v) is 5.70. The number of carbonyl (C=O) groups excluding carboxylic acids is 1. The predicted molar refractivity (Wildman–Crippen MR) is 103 cm³/mol. The van der Waals surface area contributed by atoms with Gasteiger partial charge in [-0.3, -0.25) is 4.79 Å². The van der Waals surface area contributed by atoms with Crippen molar-refractivity contribution in [1.29, 1.82) is 0 Å². The van der Waals surface area contributed by atoms with E-state index in [4.69, 9.17) is 4.74 Å². The van der Waals surface area contributed by atoms with Gasteiger partial charge in [-0.1, -0.05) is 55.0 Å². The van der Waals surface area contributed by atoms with Gasteiger partial charge in [-0.25, -0.2) is 0 Å². The Bertz CT molecular complexity index is 908. The molecule has 0 unspecified atom stereocenters. The van der Waals surface area contributed by atoms with Crippen LogP contribution in [0.5, 0.6) is 0 Å². The second-order valence-corrected chi connectivity index (χ2v) is 7.56. The largest absolute Gasteiger partial charge is 0.508 e. The van der Waals surface area contributed by atoms with E-state index in [9.17, 15) is 9.90 Å². The van der Waals surface area contributed by atoms with E-state index >= 15 is 0 Å². The van der Waals surface area contributed by atoms with E-state index in [0.29, 0.717) is 18.4 Å². The van der Waals surface area contributed by atoms with Crippen molar-refractivity contribution in [3.05, 3.63) is 64.9 Å². The van der Waals surface area contributed by atoms with Crippen LogP contribution >= 0.6 is 0 Å². The van der Waals surface area contributed by atoms with Gasteiger partial charge >= 0.3 is 0 Å². The number of Topliss-reactive ketones (excluding diaryl/α,β-unsaturated/α-hetero) is 1. The molecule has 0 amide bonds. The van der Waals surface area contributed by atoms with Gasteiger partial charge in [0.2, 0.25) is 0 Å². The number of hydrogen-bond acceptors (Lipinski definition) is 3. The number of aryl methyl sites for hydroxylation is 2. The number of aliphatic hydroxyl groups is 1. The van der Waals surface area contributed by atoms with Crippen molar-refractivity contribution in [1.82, 2.24) is 0 Å². The molecule has 4 rings (SSSR count). The Hall–Kier alpha value is -2.39.